The molecule has 2 aliphatic rings. The van der Waals surface area contributed by atoms with Gasteiger partial charge in [0.1, 0.15) is 0 Å². The van der Waals surface area contributed by atoms with Gasteiger partial charge in [0.05, 0.1) is 12.5 Å². The van der Waals surface area contributed by atoms with E-state index in [1.54, 1.807) is 0 Å². The van der Waals surface area contributed by atoms with Crippen LogP contribution in [0.25, 0.3) is 10.9 Å². The van der Waals surface area contributed by atoms with E-state index in [2.05, 4.69) is 22.4 Å². The lowest BCUT2D eigenvalue weighted by Crippen LogP contribution is -2.49. The van der Waals surface area contributed by atoms with Crippen LogP contribution in [-0.4, -0.2) is 52.9 Å². The molecule has 4 rings (SSSR count). The second kappa shape index (κ2) is 7.40. The van der Waals surface area contributed by atoms with E-state index in [0.29, 0.717) is 13.1 Å². The molecule has 2 N–H and O–H groups in total. The Bertz CT molecular complexity index is 761. The van der Waals surface area contributed by atoms with Crippen molar-refractivity contribution in [1.82, 2.24) is 20.1 Å². The predicted molar refractivity (Wildman–Crippen MR) is 101 cm³/mol. The van der Waals surface area contributed by atoms with Crippen molar-refractivity contribution in [2.45, 2.75) is 32.2 Å². The number of likely N-dealkylation sites (tertiary alicyclic amines) is 2. The molecule has 2 fully saturated rings. The molecule has 0 spiro atoms. The van der Waals surface area contributed by atoms with E-state index < -0.39 is 0 Å². The summed E-state index contributed by atoms with van der Waals surface area (Å²) < 4.78 is 0. The zero-order valence-corrected chi connectivity index (χ0v) is 15.0. The van der Waals surface area contributed by atoms with Crippen LogP contribution in [0.1, 0.15) is 31.4 Å². The molecule has 0 unspecified atom stereocenters. The monoisotopic (exact) mass is 354 g/mol. The number of hydrogen-bond donors (Lipinski definition) is 2. The SMILES string of the molecule is O=C(NCc1cc2ccccc2[nH]1)[C@H]1CCCN(C(=O)N2CCCC2)C1. The number of nitrogens with one attached hydrogen (secondary N) is 2. The molecule has 6 heteroatoms. The minimum absolute atomic E-state index is 0.0441. The number of para-hydroxylation sites is 1. The predicted octanol–water partition coefficient (Wildman–Crippen LogP) is 2.71. The van der Waals surface area contributed by atoms with Crippen molar-refractivity contribution in [2.75, 3.05) is 26.2 Å². The maximum absolute atomic E-state index is 12.6. The first kappa shape index (κ1) is 16.9. The van der Waals surface area contributed by atoms with Gasteiger partial charge in [-0.2, -0.15) is 0 Å². The van der Waals surface area contributed by atoms with Crippen LogP contribution in [-0.2, 0) is 11.3 Å². The Labute approximate surface area is 153 Å². The summed E-state index contributed by atoms with van der Waals surface area (Å²) in [4.78, 5) is 32.3. The van der Waals surface area contributed by atoms with E-state index >= 15 is 0 Å². The van der Waals surface area contributed by atoms with Crippen molar-refractivity contribution in [2.24, 2.45) is 5.92 Å². The highest BCUT2D eigenvalue weighted by Gasteiger charge is 2.31. The average molecular weight is 354 g/mol. The highest BCUT2D eigenvalue weighted by atomic mass is 16.2. The van der Waals surface area contributed by atoms with Gasteiger partial charge >= 0.3 is 6.03 Å². The maximum atomic E-state index is 12.6. The number of urea groups is 1. The van der Waals surface area contributed by atoms with Crippen molar-refractivity contribution in [3.8, 4) is 0 Å². The molecule has 2 aromatic rings. The Morgan fingerprint density at radius 1 is 1.08 bits per heavy atom. The quantitative estimate of drug-likeness (QED) is 0.890. The first-order valence-corrected chi connectivity index (χ1v) is 9.59. The molecule has 0 radical (unpaired) electrons. The van der Waals surface area contributed by atoms with Gasteiger partial charge in [-0.25, -0.2) is 4.79 Å². The number of amides is 3. The van der Waals surface area contributed by atoms with E-state index in [-0.39, 0.29) is 17.9 Å². The Morgan fingerprint density at radius 2 is 1.85 bits per heavy atom. The molecule has 0 aliphatic carbocycles. The number of hydrogen-bond acceptors (Lipinski definition) is 2. The minimum atomic E-state index is -0.111. The molecule has 1 aromatic heterocycles. The minimum Gasteiger partial charge on any atom is -0.357 e. The van der Waals surface area contributed by atoms with Gasteiger partial charge in [-0.15, -0.1) is 0 Å². The molecule has 0 saturated carbocycles. The third kappa shape index (κ3) is 3.54. The fourth-order valence-corrected chi connectivity index (χ4v) is 4.03. The number of piperidine rings is 1. The van der Waals surface area contributed by atoms with E-state index in [0.717, 1.165) is 61.9 Å². The van der Waals surface area contributed by atoms with Gasteiger partial charge in [0.25, 0.3) is 0 Å². The molecule has 2 aliphatic heterocycles. The Balaban J connectivity index is 1.32. The lowest BCUT2D eigenvalue weighted by Gasteiger charge is -2.34. The molecule has 2 saturated heterocycles. The smallest absolute Gasteiger partial charge is 0.320 e. The molecular weight excluding hydrogens is 328 g/mol. The number of carbonyl (C=O) groups is 2. The van der Waals surface area contributed by atoms with E-state index in [4.69, 9.17) is 0 Å². The van der Waals surface area contributed by atoms with Gasteiger partial charge in [-0.05, 0) is 43.2 Å². The van der Waals surface area contributed by atoms with Gasteiger partial charge in [0.15, 0.2) is 0 Å². The van der Waals surface area contributed by atoms with E-state index in [1.807, 2.05) is 28.0 Å². The zero-order chi connectivity index (χ0) is 17.9. The van der Waals surface area contributed by atoms with Crippen molar-refractivity contribution in [1.29, 1.82) is 0 Å². The summed E-state index contributed by atoms with van der Waals surface area (Å²) in [6.45, 7) is 3.50. The summed E-state index contributed by atoms with van der Waals surface area (Å²) in [5.74, 6) is -0.0674. The van der Waals surface area contributed by atoms with Crippen LogP contribution >= 0.6 is 0 Å². The van der Waals surface area contributed by atoms with E-state index in [1.165, 1.54) is 0 Å². The third-order valence-electron chi connectivity index (χ3n) is 5.48. The fourth-order valence-electron chi connectivity index (χ4n) is 4.03. The summed E-state index contributed by atoms with van der Waals surface area (Å²) in [6, 6.07) is 10.3. The lowest BCUT2D eigenvalue weighted by atomic mass is 9.97. The molecule has 138 valence electrons. The fraction of sp³-hybridized carbons (Fsp3) is 0.500. The van der Waals surface area contributed by atoms with Gasteiger partial charge in [0, 0.05) is 37.4 Å². The van der Waals surface area contributed by atoms with Crippen molar-refractivity contribution >= 4 is 22.8 Å². The summed E-state index contributed by atoms with van der Waals surface area (Å²) in [5.41, 5.74) is 2.08. The topological polar surface area (TPSA) is 68.4 Å². The average Bonchev–Trinajstić information content (AvgIpc) is 3.35. The summed E-state index contributed by atoms with van der Waals surface area (Å²) in [5, 5.41) is 4.19. The third-order valence-corrected chi connectivity index (χ3v) is 5.48. The first-order chi connectivity index (χ1) is 12.7. The van der Waals surface area contributed by atoms with Crippen molar-refractivity contribution < 1.29 is 9.59 Å². The van der Waals surface area contributed by atoms with Crippen molar-refractivity contribution in [3.63, 3.8) is 0 Å². The van der Waals surface area contributed by atoms with Crippen molar-refractivity contribution in [3.05, 3.63) is 36.0 Å². The van der Waals surface area contributed by atoms with Crippen LogP contribution < -0.4 is 5.32 Å². The molecule has 6 nitrogen and oxygen atoms in total. The second-order valence-electron chi connectivity index (χ2n) is 7.36. The summed E-state index contributed by atoms with van der Waals surface area (Å²) in [7, 11) is 0. The highest BCUT2D eigenvalue weighted by molar-refractivity contribution is 5.82. The van der Waals surface area contributed by atoms with Gasteiger partial charge < -0.3 is 20.1 Å². The van der Waals surface area contributed by atoms with Gasteiger partial charge in [-0.1, -0.05) is 18.2 Å². The number of rotatable bonds is 3. The molecule has 3 heterocycles. The Morgan fingerprint density at radius 3 is 2.65 bits per heavy atom. The van der Waals surface area contributed by atoms with Crippen LogP contribution in [0.3, 0.4) is 0 Å². The normalized spacial score (nSPS) is 20.5. The molecule has 1 aromatic carbocycles. The number of aromatic nitrogens is 1. The number of benzene rings is 1. The van der Waals surface area contributed by atoms with Gasteiger partial charge in [0.2, 0.25) is 5.91 Å². The van der Waals surface area contributed by atoms with Crippen LogP contribution in [0.15, 0.2) is 30.3 Å². The Kier molecular flexibility index (Phi) is 4.82. The number of fused-ring (bicyclic) bond motifs is 1. The first-order valence-electron chi connectivity index (χ1n) is 9.59. The zero-order valence-electron chi connectivity index (χ0n) is 15.0. The largest absolute Gasteiger partial charge is 0.357 e. The van der Waals surface area contributed by atoms with E-state index in [9.17, 15) is 9.59 Å². The standard InChI is InChI=1S/C20H26N4O2/c25-19(21-13-17-12-15-6-1-2-8-18(15)22-17)16-7-5-11-24(14-16)20(26)23-9-3-4-10-23/h1-2,6,8,12,16,22H,3-5,7,9-11,13-14H2,(H,21,25)/t16-/m0/s1. The highest BCUT2D eigenvalue weighted by Crippen LogP contribution is 2.20. The molecule has 0 bridgehead atoms. The summed E-state index contributed by atoms with van der Waals surface area (Å²) in [6.07, 6.45) is 3.92. The Hall–Kier alpha value is -2.50. The van der Waals surface area contributed by atoms with Crippen LogP contribution in [0, 0.1) is 5.92 Å². The van der Waals surface area contributed by atoms with Gasteiger partial charge in [-0.3, -0.25) is 4.79 Å². The van der Waals surface area contributed by atoms with Crippen LogP contribution in [0.2, 0.25) is 0 Å². The molecular formula is C20H26N4O2. The lowest BCUT2D eigenvalue weighted by molar-refractivity contribution is -0.126. The van der Waals surface area contributed by atoms with Crippen LogP contribution in [0.5, 0.6) is 0 Å². The maximum Gasteiger partial charge on any atom is 0.320 e. The number of H-pyrrole nitrogens is 1. The van der Waals surface area contributed by atoms with Crippen LogP contribution in [0.4, 0.5) is 4.79 Å². The molecule has 3 amide bonds. The number of nitrogens with zero attached hydrogens (tertiary/aromatic N) is 2. The summed E-state index contributed by atoms with van der Waals surface area (Å²) >= 11 is 0. The number of aromatic amines is 1. The molecule has 1 atom stereocenters. The number of carbonyl (C=O) groups excluding carboxylic acids is 2. The second-order valence-corrected chi connectivity index (χ2v) is 7.36. The molecule has 26 heavy (non-hydrogen) atoms.